The number of hydrogen-bond acceptors (Lipinski definition) is 1. The highest BCUT2D eigenvalue weighted by atomic mass is 15.1. The third-order valence-electron chi connectivity index (χ3n) is 7.75. The first-order chi connectivity index (χ1) is 23.3. The summed E-state index contributed by atoms with van der Waals surface area (Å²) in [4.78, 5) is 2.28. The molecule has 0 saturated carbocycles. The van der Waals surface area contributed by atoms with Crippen LogP contribution in [0, 0.1) is 0 Å². The van der Waals surface area contributed by atoms with Crippen LogP contribution in [0.4, 0.5) is 11.4 Å². The second kappa shape index (κ2) is 16.2. The predicted molar refractivity (Wildman–Crippen MR) is 204 cm³/mol. The minimum atomic E-state index is 1.08. The van der Waals surface area contributed by atoms with Crippen LogP contribution in [0.2, 0.25) is 0 Å². The summed E-state index contributed by atoms with van der Waals surface area (Å²) in [6, 6.07) is 59.3. The molecule has 226 valence electrons. The van der Waals surface area contributed by atoms with Crippen LogP contribution in [-0.4, -0.2) is 0 Å². The van der Waals surface area contributed by atoms with E-state index in [9.17, 15) is 0 Å². The van der Waals surface area contributed by atoms with E-state index in [0.29, 0.717) is 0 Å². The van der Waals surface area contributed by atoms with Crippen molar-refractivity contribution < 1.29 is 0 Å². The Labute approximate surface area is 279 Å². The smallest absolute Gasteiger partial charge is 0.0456 e. The molecule has 0 aliphatic rings. The Hall–Kier alpha value is -6.18. The van der Waals surface area contributed by atoms with Crippen LogP contribution < -0.4 is 4.90 Å². The Morgan fingerprint density at radius 1 is 0.319 bits per heavy atom. The summed E-state index contributed by atoms with van der Waals surface area (Å²) in [7, 11) is 0. The summed E-state index contributed by atoms with van der Waals surface area (Å²) >= 11 is 0. The van der Waals surface area contributed by atoms with Gasteiger partial charge in [-0.1, -0.05) is 194 Å². The maximum absolute atomic E-state index is 2.28. The number of nitrogens with zero attached hydrogens (tertiary/aromatic N) is 1. The van der Waals surface area contributed by atoms with Crippen LogP contribution in [0.1, 0.15) is 33.4 Å². The molecule has 6 aromatic rings. The van der Waals surface area contributed by atoms with E-state index in [1.807, 2.05) is 12.1 Å². The van der Waals surface area contributed by atoms with Gasteiger partial charge in [-0.25, -0.2) is 0 Å². The fourth-order valence-electron chi connectivity index (χ4n) is 5.27. The second-order valence-corrected chi connectivity index (χ2v) is 11.1. The van der Waals surface area contributed by atoms with E-state index in [4.69, 9.17) is 0 Å². The normalized spacial score (nSPS) is 11.5. The van der Waals surface area contributed by atoms with Gasteiger partial charge in [-0.05, 0) is 57.6 Å². The van der Waals surface area contributed by atoms with Gasteiger partial charge in [0.2, 0.25) is 0 Å². The molecule has 0 heterocycles. The van der Waals surface area contributed by atoms with E-state index in [1.165, 1.54) is 22.3 Å². The van der Waals surface area contributed by atoms with Crippen molar-refractivity contribution in [2.24, 2.45) is 0 Å². The number of rotatable bonds is 11. The topological polar surface area (TPSA) is 3.24 Å². The van der Waals surface area contributed by atoms with E-state index >= 15 is 0 Å². The molecule has 0 aliphatic heterocycles. The second-order valence-electron chi connectivity index (χ2n) is 11.1. The Kier molecular flexibility index (Phi) is 10.6. The quantitative estimate of drug-likeness (QED) is 0.133. The molecule has 0 aliphatic carbocycles. The maximum Gasteiger partial charge on any atom is 0.0456 e. The zero-order valence-corrected chi connectivity index (χ0v) is 26.3. The van der Waals surface area contributed by atoms with Crippen molar-refractivity contribution in [3.63, 3.8) is 0 Å². The van der Waals surface area contributed by atoms with Gasteiger partial charge in [-0.15, -0.1) is 0 Å². The van der Waals surface area contributed by atoms with Crippen molar-refractivity contribution in [1.29, 1.82) is 0 Å². The summed E-state index contributed by atoms with van der Waals surface area (Å²) in [6.45, 7) is 0. The zero-order chi connectivity index (χ0) is 31.9. The maximum atomic E-state index is 2.28. The molecule has 0 fully saturated rings. The molecule has 0 amide bonds. The molecule has 0 aromatic heterocycles. The van der Waals surface area contributed by atoms with E-state index in [1.54, 1.807) is 0 Å². The van der Waals surface area contributed by atoms with Gasteiger partial charge in [0.05, 0.1) is 0 Å². The largest absolute Gasteiger partial charge is 0.317 e. The standard InChI is InChI=1S/C46H37N/c1-5-17-38(18-6-1)21-13-15-23-40-29-33-44(34-30-40)47(37-46(42-25-9-3-10-26-42)43-27-11-4-12-28-43)45-35-31-41(32-36-45)24-16-14-22-39-19-7-2-8-20-39/h1-37H. The van der Waals surface area contributed by atoms with Gasteiger partial charge >= 0.3 is 0 Å². The lowest BCUT2D eigenvalue weighted by Gasteiger charge is -2.24. The molecule has 0 spiro atoms. The molecule has 1 heteroatoms. The highest BCUT2D eigenvalue weighted by molar-refractivity contribution is 5.84. The van der Waals surface area contributed by atoms with Crippen molar-refractivity contribution in [1.82, 2.24) is 0 Å². The van der Waals surface area contributed by atoms with E-state index in [2.05, 4.69) is 217 Å². The molecule has 47 heavy (non-hydrogen) atoms. The Balaban J connectivity index is 1.30. The fourth-order valence-corrected chi connectivity index (χ4v) is 5.27. The van der Waals surface area contributed by atoms with Gasteiger partial charge in [0.15, 0.2) is 0 Å². The molecule has 6 aromatic carbocycles. The lowest BCUT2D eigenvalue weighted by Crippen LogP contribution is -2.10. The first-order valence-corrected chi connectivity index (χ1v) is 15.9. The molecular formula is C46H37N. The molecule has 0 bridgehead atoms. The summed E-state index contributed by atoms with van der Waals surface area (Å²) < 4.78 is 0. The first kappa shape index (κ1) is 30.8. The van der Waals surface area contributed by atoms with Crippen molar-refractivity contribution in [3.05, 3.63) is 234 Å². The van der Waals surface area contributed by atoms with Gasteiger partial charge in [0, 0.05) is 23.1 Å². The molecule has 6 rings (SSSR count). The number of allylic oxidation sites excluding steroid dienone is 4. The molecule has 0 saturated heterocycles. The molecule has 1 nitrogen and oxygen atoms in total. The average Bonchev–Trinajstić information content (AvgIpc) is 3.15. The van der Waals surface area contributed by atoms with Crippen LogP contribution in [0.25, 0.3) is 29.9 Å². The first-order valence-electron chi connectivity index (χ1n) is 15.9. The number of hydrogen-bond donors (Lipinski definition) is 0. The minimum Gasteiger partial charge on any atom is -0.317 e. The summed E-state index contributed by atoms with van der Waals surface area (Å²) in [5, 5.41) is 0. The van der Waals surface area contributed by atoms with Gasteiger partial charge < -0.3 is 4.90 Å². The lowest BCUT2D eigenvalue weighted by atomic mass is 9.98. The molecule has 0 radical (unpaired) electrons. The Morgan fingerprint density at radius 3 is 0.957 bits per heavy atom. The van der Waals surface area contributed by atoms with E-state index in [-0.39, 0.29) is 0 Å². The van der Waals surface area contributed by atoms with Crippen molar-refractivity contribution in [2.45, 2.75) is 0 Å². The van der Waals surface area contributed by atoms with Crippen LogP contribution >= 0.6 is 0 Å². The monoisotopic (exact) mass is 603 g/mol. The van der Waals surface area contributed by atoms with Gasteiger partial charge in [0.1, 0.15) is 0 Å². The van der Waals surface area contributed by atoms with Crippen LogP contribution in [-0.2, 0) is 0 Å². The Bertz CT molecular complexity index is 1820. The molecule has 0 unspecified atom stereocenters. The minimum absolute atomic E-state index is 1.08. The van der Waals surface area contributed by atoms with Crippen molar-refractivity contribution in [3.8, 4) is 0 Å². The molecular weight excluding hydrogens is 567 g/mol. The van der Waals surface area contributed by atoms with Crippen LogP contribution in [0.15, 0.2) is 200 Å². The van der Waals surface area contributed by atoms with E-state index in [0.717, 1.165) is 28.1 Å². The van der Waals surface area contributed by atoms with Crippen LogP contribution in [0.3, 0.4) is 0 Å². The van der Waals surface area contributed by atoms with Crippen molar-refractivity contribution in [2.75, 3.05) is 4.90 Å². The number of benzene rings is 6. The Morgan fingerprint density at radius 2 is 0.617 bits per heavy atom. The van der Waals surface area contributed by atoms with Gasteiger partial charge in [0.25, 0.3) is 0 Å². The third kappa shape index (κ3) is 8.94. The molecule has 0 atom stereocenters. The number of anilines is 2. The van der Waals surface area contributed by atoms with E-state index < -0.39 is 0 Å². The van der Waals surface area contributed by atoms with Crippen LogP contribution in [0.5, 0.6) is 0 Å². The summed E-state index contributed by atoms with van der Waals surface area (Å²) in [5.41, 5.74) is 10.3. The SMILES string of the molecule is C(C=Cc1ccc(N(C=C(c2ccccc2)c2ccccc2)c2ccc(C=CC=Cc3ccccc3)cc2)cc1)=Cc1ccccc1. The summed E-state index contributed by atoms with van der Waals surface area (Å²) in [5.74, 6) is 0. The highest BCUT2D eigenvalue weighted by Gasteiger charge is 2.12. The van der Waals surface area contributed by atoms with Crippen molar-refractivity contribution >= 4 is 41.3 Å². The van der Waals surface area contributed by atoms with Gasteiger partial charge in [-0.2, -0.15) is 0 Å². The predicted octanol–water partition coefficient (Wildman–Crippen LogP) is 12.4. The lowest BCUT2D eigenvalue weighted by molar-refractivity contribution is 1.28. The highest BCUT2D eigenvalue weighted by Crippen LogP contribution is 2.32. The van der Waals surface area contributed by atoms with Gasteiger partial charge in [-0.3, -0.25) is 0 Å². The summed E-state index contributed by atoms with van der Waals surface area (Å²) in [6.07, 6.45) is 19.1. The molecule has 0 N–H and O–H groups in total. The average molecular weight is 604 g/mol. The zero-order valence-electron chi connectivity index (χ0n) is 26.3. The third-order valence-corrected chi connectivity index (χ3v) is 7.75. The fraction of sp³-hybridized carbons (Fsp3) is 0.